The molecule has 2 nitrogen and oxygen atoms in total. The van der Waals surface area contributed by atoms with Crippen LogP contribution in [0.15, 0.2) is 28.7 Å². The molecule has 1 aromatic rings. The fourth-order valence-corrected chi connectivity index (χ4v) is 2.75. The molecule has 0 unspecified atom stereocenters. The summed E-state index contributed by atoms with van der Waals surface area (Å²) < 4.78 is 1.17. The van der Waals surface area contributed by atoms with Gasteiger partial charge in [-0.05, 0) is 37.3 Å². The van der Waals surface area contributed by atoms with Crippen LogP contribution in [0, 0.1) is 17.2 Å². The van der Waals surface area contributed by atoms with Gasteiger partial charge in [0.15, 0.2) is 0 Å². The predicted molar refractivity (Wildman–Crippen MR) is 72.3 cm³/mol. The highest BCUT2D eigenvalue weighted by Crippen LogP contribution is 2.24. The van der Waals surface area contributed by atoms with E-state index in [-0.39, 0.29) is 5.92 Å². The van der Waals surface area contributed by atoms with Crippen molar-refractivity contribution in [3.8, 4) is 6.07 Å². The van der Waals surface area contributed by atoms with Gasteiger partial charge in [0.1, 0.15) is 0 Å². The topological polar surface area (TPSA) is 35.8 Å². The average Bonchev–Trinajstić information content (AvgIpc) is 2.38. The van der Waals surface area contributed by atoms with E-state index in [1.54, 1.807) is 0 Å². The molecule has 1 saturated carbocycles. The highest BCUT2D eigenvalue weighted by atomic mass is 79.9. The smallest absolute Gasteiger partial charge is 0.0655 e. The molecule has 0 aliphatic heterocycles. The Kier molecular flexibility index (Phi) is 4.58. The summed E-state index contributed by atoms with van der Waals surface area (Å²) in [5, 5.41) is 12.4. The van der Waals surface area contributed by atoms with Gasteiger partial charge in [0, 0.05) is 23.0 Å². The van der Waals surface area contributed by atoms with Crippen LogP contribution in [-0.4, -0.2) is 6.04 Å². The largest absolute Gasteiger partial charge is 0.310 e. The molecule has 1 aliphatic rings. The quantitative estimate of drug-likeness (QED) is 0.924. The minimum Gasteiger partial charge on any atom is -0.310 e. The summed E-state index contributed by atoms with van der Waals surface area (Å²) in [4.78, 5) is 0. The molecule has 0 amide bonds. The maximum absolute atomic E-state index is 8.84. The third-order valence-electron chi connectivity index (χ3n) is 3.45. The van der Waals surface area contributed by atoms with Gasteiger partial charge in [0.2, 0.25) is 0 Å². The van der Waals surface area contributed by atoms with E-state index in [1.807, 2.05) is 6.07 Å². The first-order valence-corrected chi connectivity index (χ1v) is 6.95. The number of benzene rings is 1. The molecule has 0 atom stereocenters. The van der Waals surface area contributed by atoms with Gasteiger partial charge in [-0.3, -0.25) is 0 Å². The second-order valence-electron chi connectivity index (χ2n) is 4.65. The molecular weight excluding hydrogens is 276 g/mol. The summed E-state index contributed by atoms with van der Waals surface area (Å²) in [6.45, 7) is 0.906. The molecule has 1 fully saturated rings. The van der Waals surface area contributed by atoms with Crippen LogP contribution in [0.5, 0.6) is 0 Å². The van der Waals surface area contributed by atoms with Crippen LogP contribution >= 0.6 is 15.9 Å². The second-order valence-corrected chi connectivity index (χ2v) is 5.50. The third kappa shape index (κ3) is 3.55. The number of hydrogen-bond acceptors (Lipinski definition) is 2. The minimum absolute atomic E-state index is 0.288. The summed E-state index contributed by atoms with van der Waals surface area (Å²) >= 11 is 3.56. The van der Waals surface area contributed by atoms with Crippen molar-refractivity contribution in [2.24, 2.45) is 5.92 Å². The lowest BCUT2D eigenvalue weighted by Crippen LogP contribution is -2.32. The van der Waals surface area contributed by atoms with Crippen molar-refractivity contribution in [3.63, 3.8) is 0 Å². The first-order valence-electron chi connectivity index (χ1n) is 6.16. The van der Waals surface area contributed by atoms with Crippen LogP contribution < -0.4 is 5.32 Å². The predicted octanol–water partition coefficient (Wildman–Crippen LogP) is 3.62. The Balaban J connectivity index is 1.80. The fraction of sp³-hybridized carbons (Fsp3) is 0.500. The molecule has 0 heterocycles. The Labute approximate surface area is 111 Å². The zero-order valence-corrected chi connectivity index (χ0v) is 11.4. The lowest BCUT2D eigenvalue weighted by atomic mass is 9.87. The zero-order valence-electron chi connectivity index (χ0n) is 9.82. The van der Waals surface area contributed by atoms with Gasteiger partial charge in [0.05, 0.1) is 6.07 Å². The summed E-state index contributed by atoms with van der Waals surface area (Å²) in [6.07, 6.45) is 4.35. The van der Waals surface area contributed by atoms with Crippen molar-refractivity contribution in [2.75, 3.05) is 0 Å². The maximum Gasteiger partial charge on any atom is 0.0655 e. The van der Waals surface area contributed by atoms with Crippen molar-refractivity contribution in [2.45, 2.75) is 38.3 Å². The first kappa shape index (κ1) is 12.6. The van der Waals surface area contributed by atoms with Gasteiger partial charge >= 0.3 is 0 Å². The van der Waals surface area contributed by atoms with Gasteiger partial charge in [0.25, 0.3) is 0 Å². The molecule has 1 N–H and O–H groups in total. The average molecular weight is 293 g/mol. The van der Waals surface area contributed by atoms with Crippen LogP contribution in [0.1, 0.15) is 31.2 Å². The van der Waals surface area contributed by atoms with Gasteiger partial charge in [-0.1, -0.05) is 34.1 Å². The Morgan fingerprint density at radius 2 is 1.94 bits per heavy atom. The number of nitrogens with one attached hydrogen (secondary N) is 1. The molecule has 3 heteroatoms. The molecule has 0 aromatic heterocycles. The molecule has 0 bridgehead atoms. The Bertz CT molecular complexity index is 403. The Morgan fingerprint density at radius 1 is 1.24 bits per heavy atom. The van der Waals surface area contributed by atoms with Gasteiger partial charge < -0.3 is 5.32 Å². The summed E-state index contributed by atoms with van der Waals surface area (Å²) in [6, 6.07) is 11.3. The van der Waals surface area contributed by atoms with Gasteiger partial charge in [-0.2, -0.15) is 5.26 Å². The third-order valence-corrected chi connectivity index (χ3v) is 4.22. The van der Waals surface area contributed by atoms with E-state index >= 15 is 0 Å². The molecule has 0 saturated heterocycles. The van der Waals surface area contributed by atoms with Gasteiger partial charge in [-0.25, -0.2) is 0 Å². The molecule has 2 rings (SSSR count). The lowest BCUT2D eigenvalue weighted by Gasteiger charge is -2.25. The van der Waals surface area contributed by atoms with Crippen molar-refractivity contribution in [1.82, 2.24) is 5.32 Å². The minimum atomic E-state index is 0.288. The summed E-state index contributed by atoms with van der Waals surface area (Å²) in [5.41, 5.74) is 1.30. The van der Waals surface area contributed by atoms with Crippen LogP contribution in [0.25, 0.3) is 0 Å². The number of nitrogens with zero attached hydrogens (tertiary/aromatic N) is 1. The van der Waals surface area contributed by atoms with Crippen LogP contribution in [0.2, 0.25) is 0 Å². The normalized spacial score (nSPS) is 24.2. The number of hydrogen-bond donors (Lipinski definition) is 1. The van der Waals surface area contributed by atoms with E-state index in [9.17, 15) is 0 Å². The standard InChI is InChI=1S/C14H17BrN2/c15-14-4-2-1-3-12(14)10-17-13-7-5-11(9-16)6-8-13/h1-4,11,13,17H,5-8,10H2. The molecule has 0 spiro atoms. The van der Waals surface area contributed by atoms with Crippen LogP contribution in [-0.2, 0) is 6.54 Å². The molecule has 1 aromatic carbocycles. The summed E-state index contributed by atoms with van der Waals surface area (Å²) in [7, 11) is 0. The monoisotopic (exact) mass is 292 g/mol. The van der Waals surface area contributed by atoms with Crippen molar-refractivity contribution < 1.29 is 0 Å². The van der Waals surface area contributed by atoms with E-state index in [0.717, 1.165) is 32.2 Å². The van der Waals surface area contributed by atoms with Gasteiger partial charge in [-0.15, -0.1) is 0 Å². The van der Waals surface area contributed by atoms with E-state index in [1.165, 1.54) is 10.0 Å². The number of rotatable bonds is 3. The van der Waals surface area contributed by atoms with E-state index < -0.39 is 0 Å². The molecule has 90 valence electrons. The van der Waals surface area contributed by atoms with E-state index in [0.29, 0.717) is 6.04 Å². The van der Waals surface area contributed by atoms with Crippen LogP contribution in [0.4, 0.5) is 0 Å². The van der Waals surface area contributed by atoms with Crippen LogP contribution in [0.3, 0.4) is 0 Å². The number of nitriles is 1. The lowest BCUT2D eigenvalue weighted by molar-refractivity contribution is 0.331. The van der Waals surface area contributed by atoms with Crippen molar-refractivity contribution in [1.29, 1.82) is 5.26 Å². The Morgan fingerprint density at radius 3 is 2.59 bits per heavy atom. The van der Waals surface area contributed by atoms with E-state index in [2.05, 4.69) is 45.5 Å². The molecule has 1 aliphatic carbocycles. The molecule has 0 radical (unpaired) electrons. The first-order chi connectivity index (χ1) is 8.29. The summed E-state index contributed by atoms with van der Waals surface area (Å²) in [5.74, 6) is 0.288. The molecule has 17 heavy (non-hydrogen) atoms. The maximum atomic E-state index is 8.84. The fourth-order valence-electron chi connectivity index (χ4n) is 2.32. The van der Waals surface area contributed by atoms with E-state index in [4.69, 9.17) is 5.26 Å². The Hall–Kier alpha value is -0.850. The molecular formula is C14H17BrN2. The highest BCUT2D eigenvalue weighted by Gasteiger charge is 2.20. The zero-order chi connectivity index (χ0) is 12.1. The SMILES string of the molecule is N#CC1CCC(NCc2ccccc2Br)CC1. The highest BCUT2D eigenvalue weighted by molar-refractivity contribution is 9.10. The number of halogens is 1. The van der Waals surface area contributed by atoms with Crippen molar-refractivity contribution >= 4 is 15.9 Å². The van der Waals surface area contributed by atoms with Crippen molar-refractivity contribution in [3.05, 3.63) is 34.3 Å². The second kappa shape index (κ2) is 6.18.